The lowest BCUT2D eigenvalue weighted by atomic mass is 9.96. The van der Waals surface area contributed by atoms with Gasteiger partial charge in [0.2, 0.25) is 15.2 Å². The van der Waals surface area contributed by atoms with Gasteiger partial charge in [-0.25, -0.2) is 32.4 Å². The van der Waals surface area contributed by atoms with Crippen LogP contribution in [0.3, 0.4) is 0 Å². The number of aromatic carboxylic acids is 1. The maximum absolute atomic E-state index is 15.0. The molecule has 0 bridgehead atoms. The third-order valence-corrected chi connectivity index (χ3v) is 8.16. The van der Waals surface area contributed by atoms with Crippen LogP contribution in [0.5, 0.6) is 0 Å². The Morgan fingerprint density at radius 3 is 2.38 bits per heavy atom. The molecule has 11 heteroatoms. The van der Waals surface area contributed by atoms with E-state index in [9.17, 15) is 22.7 Å². The molecular formula is C28H23FN4O4S2. The number of halogens is 1. The monoisotopic (exact) mass is 562 g/mol. The van der Waals surface area contributed by atoms with Crippen molar-refractivity contribution in [2.75, 3.05) is 0 Å². The molecule has 0 aliphatic heterocycles. The topological polar surface area (TPSA) is 128 Å². The second-order valence-electron chi connectivity index (χ2n) is 9.13. The molecule has 0 atom stereocenters. The van der Waals surface area contributed by atoms with Crippen molar-refractivity contribution in [3.05, 3.63) is 106 Å². The molecule has 0 fully saturated rings. The fourth-order valence-corrected chi connectivity index (χ4v) is 5.41. The second kappa shape index (κ2) is 10.2. The molecule has 5 aromatic rings. The fourth-order valence-electron chi connectivity index (χ4n) is 4.17. The van der Waals surface area contributed by atoms with Crippen LogP contribution in [0, 0.1) is 19.7 Å². The number of nitrogens with zero attached hydrogens (tertiary/aromatic N) is 3. The fraction of sp³-hybridized carbons (Fsp3) is 0.107. The molecule has 5 rings (SSSR count). The first-order valence-electron chi connectivity index (χ1n) is 11.8. The van der Waals surface area contributed by atoms with Gasteiger partial charge in [0, 0.05) is 34.7 Å². The highest BCUT2D eigenvalue weighted by Gasteiger charge is 2.18. The van der Waals surface area contributed by atoms with Crippen molar-refractivity contribution in [2.45, 2.75) is 25.2 Å². The number of carboxylic acid groups (broad SMARTS) is 1. The number of sulfonamides is 1. The van der Waals surface area contributed by atoms with Crippen molar-refractivity contribution < 1.29 is 22.7 Å². The largest absolute Gasteiger partial charge is 0.476 e. The average Bonchev–Trinajstić information content (AvgIpc) is 3.54. The molecule has 0 aliphatic carbocycles. The van der Waals surface area contributed by atoms with Crippen LogP contribution in [-0.2, 0) is 16.4 Å². The van der Waals surface area contributed by atoms with E-state index in [2.05, 4.69) is 4.98 Å². The van der Waals surface area contributed by atoms with Gasteiger partial charge in [-0.15, -0.1) is 11.3 Å². The quantitative estimate of drug-likeness (QED) is 0.275. The lowest BCUT2D eigenvalue weighted by Crippen LogP contribution is -2.11. The van der Waals surface area contributed by atoms with Crippen molar-refractivity contribution in [3.8, 4) is 27.5 Å². The highest BCUT2D eigenvalue weighted by Crippen LogP contribution is 2.32. The van der Waals surface area contributed by atoms with E-state index < -0.39 is 16.0 Å². The van der Waals surface area contributed by atoms with Gasteiger partial charge in [0.1, 0.15) is 5.82 Å². The van der Waals surface area contributed by atoms with Crippen molar-refractivity contribution in [1.82, 2.24) is 14.8 Å². The Kier molecular flexibility index (Phi) is 6.89. The van der Waals surface area contributed by atoms with Gasteiger partial charge in [0.25, 0.3) is 0 Å². The Morgan fingerprint density at radius 2 is 1.74 bits per heavy atom. The molecule has 2 heterocycles. The summed E-state index contributed by atoms with van der Waals surface area (Å²) in [6, 6.07) is 16.7. The summed E-state index contributed by atoms with van der Waals surface area (Å²) in [5.41, 5.74) is 5.99. The van der Waals surface area contributed by atoms with Crippen LogP contribution in [-0.4, -0.2) is 34.3 Å². The molecule has 0 spiro atoms. The summed E-state index contributed by atoms with van der Waals surface area (Å²) in [6.07, 6.45) is 2.11. The molecule has 0 amide bonds. The third-order valence-electron chi connectivity index (χ3n) is 6.40. The van der Waals surface area contributed by atoms with Crippen molar-refractivity contribution >= 4 is 27.3 Å². The van der Waals surface area contributed by atoms with Crippen LogP contribution in [0.2, 0.25) is 0 Å². The molecule has 0 radical (unpaired) electrons. The zero-order chi connectivity index (χ0) is 27.9. The highest BCUT2D eigenvalue weighted by atomic mass is 32.2. The molecule has 0 saturated carbocycles. The first kappa shape index (κ1) is 26.4. The number of primary sulfonamides is 1. The molecule has 0 saturated heterocycles. The summed E-state index contributed by atoms with van der Waals surface area (Å²) in [6.45, 7) is 3.97. The van der Waals surface area contributed by atoms with Gasteiger partial charge in [-0.05, 0) is 66.4 Å². The lowest BCUT2D eigenvalue weighted by molar-refractivity contribution is 0.0691. The number of hydrogen-bond acceptors (Lipinski definition) is 6. The van der Waals surface area contributed by atoms with Crippen LogP contribution < -0.4 is 5.14 Å². The molecule has 39 heavy (non-hydrogen) atoms. The van der Waals surface area contributed by atoms with Crippen LogP contribution in [0.15, 0.2) is 77.1 Å². The first-order chi connectivity index (χ1) is 18.5. The maximum Gasteiger partial charge on any atom is 0.355 e. The van der Waals surface area contributed by atoms with Gasteiger partial charge >= 0.3 is 5.97 Å². The molecule has 0 aliphatic rings. The summed E-state index contributed by atoms with van der Waals surface area (Å²) in [5, 5.41) is 21.0. The smallest absolute Gasteiger partial charge is 0.355 e. The molecule has 198 valence electrons. The lowest BCUT2D eigenvalue weighted by Gasteiger charge is -2.10. The van der Waals surface area contributed by atoms with Gasteiger partial charge in [-0.3, -0.25) is 0 Å². The number of carboxylic acids is 1. The SMILES string of the molecule is Cc1ccc(-c2cc(-c3nn(-c4nc(C(=O)O)cs4)cc3Cc3ccc(S(N)(=O)=O)cc3)ccc2F)cc1C. The standard InChI is InChI=1S/C28H23FN4O4S2/c1-16-3-6-19(11-17(16)2)23-13-20(7-10-24(23)29)26-21(12-18-4-8-22(9-5-18)39(30,36)37)14-33(32-26)28-31-25(15-38-28)27(34)35/h3-11,13-15H,12H2,1-2H3,(H,34,35)(H2,30,36,37). The van der Waals surface area contributed by atoms with E-state index in [0.717, 1.165) is 39.2 Å². The Hall–Kier alpha value is -4.19. The second-order valence-corrected chi connectivity index (χ2v) is 11.5. The number of aromatic nitrogens is 3. The minimum absolute atomic E-state index is 0.00252. The summed E-state index contributed by atoms with van der Waals surface area (Å²) >= 11 is 1.13. The maximum atomic E-state index is 15.0. The Balaban J connectivity index is 1.61. The summed E-state index contributed by atoms with van der Waals surface area (Å²) in [4.78, 5) is 15.5. The van der Waals surface area contributed by atoms with Gasteiger partial charge in [-0.1, -0.05) is 30.3 Å². The average molecular weight is 563 g/mol. The van der Waals surface area contributed by atoms with Crippen molar-refractivity contribution in [3.63, 3.8) is 0 Å². The van der Waals surface area contributed by atoms with E-state index in [1.807, 2.05) is 32.0 Å². The summed E-state index contributed by atoms with van der Waals surface area (Å²) in [7, 11) is -3.83. The van der Waals surface area contributed by atoms with Gasteiger partial charge in [0.15, 0.2) is 5.69 Å². The minimum Gasteiger partial charge on any atom is -0.476 e. The van der Waals surface area contributed by atoms with E-state index in [1.54, 1.807) is 30.5 Å². The molecule has 3 N–H and O–H groups in total. The number of nitrogens with two attached hydrogens (primary N) is 1. The minimum atomic E-state index is -3.83. The number of benzene rings is 3. The van der Waals surface area contributed by atoms with Crippen LogP contribution >= 0.6 is 11.3 Å². The summed E-state index contributed by atoms with van der Waals surface area (Å²) < 4.78 is 39.8. The molecule has 3 aromatic carbocycles. The Bertz CT molecular complexity index is 1830. The zero-order valence-electron chi connectivity index (χ0n) is 20.9. The highest BCUT2D eigenvalue weighted by molar-refractivity contribution is 7.89. The number of thiazole rings is 1. The Labute approximate surface area is 228 Å². The number of rotatable bonds is 7. The van der Waals surface area contributed by atoms with Gasteiger partial charge < -0.3 is 5.11 Å². The van der Waals surface area contributed by atoms with Crippen LogP contribution in [0.4, 0.5) is 4.39 Å². The van der Waals surface area contributed by atoms with E-state index >= 15 is 0 Å². The van der Waals surface area contributed by atoms with Crippen molar-refractivity contribution in [2.24, 2.45) is 5.14 Å². The molecule has 8 nitrogen and oxygen atoms in total. The number of carbonyl (C=O) groups is 1. The molecule has 0 unspecified atom stereocenters. The van der Waals surface area contributed by atoms with E-state index in [1.165, 1.54) is 28.3 Å². The summed E-state index contributed by atoms with van der Waals surface area (Å²) in [5.74, 6) is -1.51. The predicted molar refractivity (Wildman–Crippen MR) is 147 cm³/mol. The van der Waals surface area contributed by atoms with Crippen LogP contribution in [0.1, 0.15) is 32.7 Å². The first-order valence-corrected chi connectivity index (χ1v) is 14.2. The van der Waals surface area contributed by atoms with E-state index in [0.29, 0.717) is 28.4 Å². The molecular weight excluding hydrogens is 539 g/mol. The van der Waals surface area contributed by atoms with E-state index in [-0.39, 0.29) is 16.4 Å². The predicted octanol–water partition coefficient (Wildman–Crippen LogP) is 5.36. The van der Waals surface area contributed by atoms with Crippen molar-refractivity contribution in [1.29, 1.82) is 0 Å². The van der Waals surface area contributed by atoms with Crippen LogP contribution in [0.25, 0.3) is 27.5 Å². The van der Waals surface area contributed by atoms with E-state index in [4.69, 9.17) is 10.2 Å². The van der Waals surface area contributed by atoms with Gasteiger partial charge in [0.05, 0.1) is 10.6 Å². The third kappa shape index (κ3) is 5.51. The molecule has 2 aromatic heterocycles. The zero-order valence-corrected chi connectivity index (χ0v) is 22.6. The number of aryl methyl sites for hydroxylation is 2. The normalized spacial score (nSPS) is 11.6. The Morgan fingerprint density at radius 1 is 1.03 bits per heavy atom. The van der Waals surface area contributed by atoms with Gasteiger partial charge in [-0.2, -0.15) is 5.10 Å². The number of hydrogen-bond donors (Lipinski definition) is 2.